The lowest BCUT2D eigenvalue weighted by atomic mass is 9.93. The number of hydrogen-bond acceptors (Lipinski definition) is 4. The van der Waals surface area contributed by atoms with Crippen molar-refractivity contribution in [2.24, 2.45) is 0 Å². The summed E-state index contributed by atoms with van der Waals surface area (Å²) < 4.78 is 42.3. The van der Waals surface area contributed by atoms with E-state index in [4.69, 9.17) is 0 Å². The zero-order chi connectivity index (χ0) is 25.8. The van der Waals surface area contributed by atoms with Crippen molar-refractivity contribution in [3.8, 4) is 16.9 Å². The molecule has 6 nitrogen and oxygen atoms in total. The average Bonchev–Trinajstić information content (AvgIpc) is 3.28. The summed E-state index contributed by atoms with van der Waals surface area (Å²) in [6.07, 6.45) is -4.64. The van der Waals surface area contributed by atoms with Crippen LogP contribution in [-0.2, 0) is 6.18 Å². The number of carbonyl (C=O) groups excluding carboxylic acids is 2. The summed E-state index contributed by atoms with van der Waals surface area (Å²) in [7, 11) is 3.70. The number of amides is 2. The molecule has 9 heteroatoms. The molecule has 1 aliphatic rings. The highest BCUT2D eigenvalue weighted by atomic mass is 19.4. The standard InChI is InChI=1S/C27H23F3N4O2/c1-16-7-9-17(10-8-16)22-15-23(27(28,29)30)31-34(22)21-12-11-20-24-18(21)5-4-6-19(24)25(35)33(26(20)36)14-13-32(2)3/h4-12,15H,13-14H2,1-3H3. The van der Waals surface area contributed by atoms with Gasteiger partial charge in [-0.25, -0.2) is 4.68 Å². The van der Waals surface area contributed by atoms with E-state index in [-0.39, 0.29) is 12.2 Å². The Morgan fingerprint density at radius 2 is 1.58 bits per heavy atom. The molecule has 2 amide bonds. The van der Waals surface area contributed by atoms with Gasteiger partial charge in [0.05, 0.1) is 11.4 Å². The summed E-state index contributed by atoms with van der Waals surface area (Å²) in [6.45, 7) is 2.63. The molecular weight excluding hydrogens is 469 g/mol. The molecule has 0 N–H and O–H groups in total. The molecule has 0 spiro atoms. The second kappa shape index (κ2) is 8.60. The number of rotatable bonds is 5. The predicted octanol–water partition coefficient (Wildman–Crippen LogP) is 5.18. The minimum atomic E-state index is -4.64. The molecule has 0 saturated carbocycles. The van der Waals surface area contributed by atoms with Crippen LogP contribution >= 0.6 is 0 Å². The SMILES string of the molecule is Cc1ccc(-c2cc(C(F)(F)F)nn2-c2ccc3c4c(cccc24)C(=O)N(CCN(C)C)C3=O)cc1. The van der Waals surface area contributed by atoms with Gasteiger partial charge in [0.25, 0.3) is 11.8 Å². The molecule has 4 aromatic rings. The maximum atomic E-state index is 13.7. The van der Waals surface area contributed by atoms with Gasteiger partial charge in [-0.15, -0.1) is 0 Å². The van der Waals surface area contributed by atoms with Gasteiger partial charge in [-0.3, -0.25) is 14.5 Å². The van der Waals surface area contributed by atoms with Crippen LogP contribution < -0.4 is 0 Å². The Labute approximate surface area is 205 Å². The third-order valence-electron chi connectivity index (χ3n) is 6.31. The topological polar surface area (TPSA) is 58.4 Å². The zero-order valence-electron chi connectivity index (χ0n) is 19.9. The lowest BCUT2D eigenvalue weighted by molar-refractivity contribution is -0.141. The van der Waals surface area contributed by atoms with Gasteiger partial charge >= 0.3 is 6.18 Å². The first-order valence-electron chi connectivity index (χ1n) is 11.4. The van der Waals surface area contributed by atoms with E-state index in [2.05, 4.69) is 5.10 Å². The van der Waals surface area contributed by atoms with E-state index in [9.17, 15) is 22.8 Å². The second-order valence-corrected chi connectivity index (χ2v) is 9.12. The van der Waals surface area contributed by atoms with Gasteiger partial charge in [-0.1, -0.05) is 42.0 Å². The first-order chi connectivity index (χ1) is 17.1. The molecule has 0 radical (unpaired) electrons. The van der Waals surface area contributed by atoms with Crippen molar-refractivity contribution in [2.75, 3.05) is 27.2 Å². The molecule has 1 aromatic heterocycles. The van der Waals surface area contributed by atoms with E-state index in [1.165, 1.54) is 9.58 Å². The molecule has 0 fully saturated rings. The lowest BCUT2D eigenvalue weighted by Gasteiger charge is -2.28. The van der Waals surface area contributed by atoms with Crippen molar-refractivity contribution < 1.29 is 22.8 Å². The number of likely N-dealkylation sites (N-methyl/N-ethyl adjacent to an activating group) is 1. The van der Waals surface area contributed by atoms with E-state index < -0.39 is 23.7 Å². The van der Waals surface area contributed by atoms with Gasteiger partial charge in [-0.2, -0.15) is 18.3 Å². The molecular formula is C27H23F3N4O2. The van der Waals surface area contributed by atoms with Crippen LogP contribution in [0.25, 0.3) is 27.7 Å². The van der Waals surface area contributed by atoms with Gasteiger partial charge in [0.15, 0.2) is 5.69 Å². The third-order valence-corrected chi connectivity index (χ3v) is 6.31. The van der Waals surface area contributed by atoms with Gasteiger partial charge in [0.1, 0.15) is 0 Å². The summed E-state index contributed by atoms with van der Waals surface area (Å²) >= 11 is 0. The molecule has 0 saturated heterocycles. The van der Waals surface area contributed by atoms with Gasteiger partial charge in [-0.05, 0) is 45.3 Å². The Morgan fingerprint density at radius 3 is 2.22 bits per heavy atom. The Morgan fingerprint density at radius 1 is 0.917 bits per heavy atom. The van der Waals surface area contributed by atoms with Crippen LogP contribution in [0.2, 0.25) is 0 Å². The van der Waals surface area contributed by atoms with Crippen LogP contribution in [0.3, 0.4) is 0 Å². The van der Waals surface area contributed by atoms with Crippen molar-refractivity contribution in [3.63, 3.8) is 0 Å². The number of aromatic nitrogens is 2. The Balaban J connectivity index is 1.72. The van der Waals surface area contributed by atoms with Crippen LogP contribution in [0.1, 0.15) is 32.0 Å². The molecule has 184 valence electrons. The Kier molecular flexibility index (Phi) is 5.67. The molecule has 3 aromatic carbocycles. The highest BCUT2D eigenvalue weighted by molar-refractivity contribution is 6.26. The largest absolute Gasteiger partial charge is 0.435 e. The highest BCUT2D eigenvalue weighted by Gasteiger charge is 2.37. The fourth-order valence-corrected chi connectivity index (χ4v) is 4.45. The molecule has 1 aliphatic heterocycles. The fourth-order valence-electron chi connectivity index (χ4n) is 4.45. The van der Waals surface area contributed by atoms with E-state index in [1.54, 1.807) is 42.5 Å². The molecule has 0 aliphatic carbocycles. The van der Waals surface area contributed by atoms with Crippen LogP contribution in [0, 0.1) is 6.92 Å². The number of hydrogen-bond donors (Lipinski definition) is 0. The molecule has 0 unspecified atom stereocenters. The summed E-state index contributed by atoms with van der Waals surface area (Å²) in [4.78, 5) is 29.6. The van der Waals surface area contributed by atoms with E-state index in [1.807, 2.05) is 38.1 Å². The summed E-state index contributed by atoms with van der Waals surface area (Å²) in [5, 5.41) is 4.81. The highest BCUT2D eigenvalue weighted by Crippen LogP contribution is 2.37. The second-order valence-electron chi connectivity index (χ2n) is 9.12. The van der Waals surface area contributed by atoms with E-state index in [0.717, 1.165) is 11.6 Å². The van der Waals surface area contributed by atoms with Crippen molar-refractivity contribution in [1.29, 1.82) is 0 Å². The summed E-state index contributed by atoms with van der Waals surface area (Å²) in [5.74, 6) is -0.848. The number of alkyl halides is 3. The van der Waals surface area contributed by atoms with E-state index in [0.29, 0.717) is 39.7 Å². The predicted molar refractivity (Wildman–Crippen MR) is 130 cm³/mol. The van der Waals surface area contributed by atoms with Crippen molar-refractivity contribution in [2.45, 2.75) is 13.1 Å². The lowest BCUT2D eigenvalue weighted by Crippen LogP contribution is -2.43. The van der Waals surface area contributed by atoms with Crippen molar-refractivity contribution in [1.82, 2.24) is 19.6 Å². The number of halogens is 3. The van der Waals surface area contributed by atoms with E-state index >= 15 is 0 Å². The zero-order valence-corrected chi connectivity index (χ0v) is 19.9. The normalized spacial score (nSPS) is 13.8. The average molecular weight is 493 g/mol. The molecule has 36 heavy (non-hydrogen) atoms. The molecule has 0 atom stereocenters. The number of benzene rings is 3. The monoisotopic (exact) mass is 492 g/mol. The fraction of sp³-hybridized carbons (Fsp3) is 0.222. The Hall–Kier alpha value is -3.98. The first-order valence-corrected chi connectivity index (χ1v) is 11.4. The van der Waals surface area contributed by atoms with Crippen LogP contribution in [0.15, 0.2) is 60.7 Å². The molecule has 0 bridgehead atoms. The van der Waals surface area contributed by atoms with Gasteiger partial charge in [0.2, 0.25) is 0 Å². The summed E-state index contributed by atoms with van der Waals surface area (Å²) in [5.41, 5.74) is 1.78. The maximum Gasteiger partial charge on any atom is 0.435 e. The summed E-state index contributed by atoms with van der Waals surface area (Å²) in [6, 6.07) is 16.3. The number of carbonyl (C=O) groups is 2. The van der Waals surface area contributed by atoms with Crippen molar-refractivity contribution in [3.05, 3.63) is 83.0 Å². The van der Waals surface area contributed by atoms with Crippen LogP contribution in [0.5, 0.6) is 0 Å². The van der Waals surface area contributed by atoms with Crippen molar-refractivity contribution >= 4 is 22.6 Å². The minimum absolute atomic E-state index is 0.230. The van der Waals surface area contributed by atoms with Crippen LogP contribution in [0.4, 0.5) is 13.2 Å². The number of aryl methyl sites for hydroxylation is 1. The van der Waals surface area contributed by atoms with Gasteiger partial charge in [0, 0.05) is 40.6 Å². The number of nitrogens with zero attached hydrogens (tertiary/aromatic N) is 4. The molecule has 5 rings (SSSR count). The number of imide groups is 1. The quantitative estimate of drug-likeness (QED) is 0.361. The smallest absolute Gasteiger partial charge is 0.308 e. The third kappa shape index (κ3) is 3.95. The Bertz CT molecular complexity index is 1480. The van der Waals surface area contributed by atoms with Gasteiger partial charge < -0.3 is 4.90 Å². The first kappa shape index (κ1) is 23.7. The maximum absolute atomic E-state index is 13.7. The van der Waals surface area contributed by atoms with Crippen LogP contribution in [-0.4, -0.2) is 58.6 Å². The molecule has 2 heterocycles. The minimum Gasteiger partial charge on any atom is -0.308 e.